The summed E-state index contributed by atoms with van der Waals surface area (Å²) in [6.45, 7) is 7.17. The molecule has 0 aliphatic heterocycles. The summed E-state index contributed by atoms with van der Waals surface area (Å²) >= 11 is 3.43. The molecule has 21 heavy (non-hydrogen) atoms. The molecule has 1 amide bonds. The van der Waals surface area contributed by atoms with Crippen LogP contribution in [0, 0.1) is 5.92 Å². The molecule has 0 radical (unpaired) electrons. The first kappa shape index (κ1) is 18.1. The molecule has 0 saturated carbocycles. The molecule has 2 atom stereocenters. The van der Waals surface area contributed by atoms with Crippen molar-refractivity contribution in [1.29, 1.82) is 0 Å². The lowest BCUT2D eigenvalue weighted by Gasteiger charge is -2.31. The van der Waals surface area contributed by atoms with Gasteiger partial charge in [-0.05, 0) is 37.6 Å². The maximum absolute atomic E-state index is 12.0. The molecular weight excluding hydrogens is 330 g/mol. The number of rotatable bonds is 7. The molecule has 0 aliphatic rings. The van der Waals surface area contributed by atoms with Gasteiger partial charge in [-0.15, -0.1) is 0 Å². The van der Waals surface area contributed by atoms with Crippen LogP contribution in [0.4, 0.5) is 0 Å². The van der Waals surface area contributed by atoms with E-state index in [0.29, 0.717) is 19.0 Å². The van der Waals surface area contributed by atoms with Gasteiger partial charge in [0, 0.05) is 23.1 Å². The van der Waals surface area contributed by atoms with E-state index in [9.17, 15) is 4.79 Å². The van der Waals surface area contributed by atoms with Gasteiger partial charge < -0.3 is 11.1 Å². The molecule has 0 spiro atoms. The monoisotopic (exact) mass is 355 g/mol. The van der Waals surface area contributed by atoms with Crippen LogP contribution in [0.25, 0.3) is 0 Å². The van der Waals surface area contributed by atoms with Crippen LogP contribution in [0.5, 0.6) is 0 Å². The topological polar surface area (TPSA) is 58.4 Å². The molecule has 0 fully saturated rings. The quantitative estimate of drug-likeness (QED) is 0.789. The van der Waals surface area contributed by atoms with E-state index in [1.807, 2.05) is 43.1 Å². The highest BCUT2D eigenvalue weighted by atomic mass is 79.9. The highest BCUT2D eigenvalue weighted by Crippen LogP contribution is 2.23. The fourth-order valence-electron chi connectivity index (χ4n) is 2.32. The Morgan fingerprint density at radius 2 is 1.86 bits per heavy atom. The van der Waals surface area contributed by atoms with Crippen LogP contribution in [0.1, 0.15) is 32.4 Å². The van der Waals surface area contributed by atoms with E-state index in [1.54, 1.807) is 0 Å². The first-order valence-corrected chi connectivity index (χ1v) is 8.08. The second-order valence-electron chi connectivity index (χ2n) is 5.97. The number of hydrogen-bond donors (Lipinski definition) is 2. The van der Waals surface area contributed by atoms with Gasteiger partial charge in [0.1, 0.15) is 0 Å². The number of carbonyl (C=O) groups is 1. The van der Waals surface area contributed by atoms with Gasteiger partial charge in [-0.2, -0.15) is 0 Å². The largest absolute Gasteiger partial charge is 0.355 e. The second kappa shape index (κ2) is 8.51. The molecule has 1 aromatic rings. The third-order valence-corrected chi connectivity index (χ3v) is 3.81. The van der Waals surface area contributed by atoms with Gasteiger partial charge in [0.25, 0.3) is 0 Å². The number of halogens is 1. The maximum atomic E-state index is 12.0. The minimum Gasteiger partial charge on any atom is -0.355 e. The summed E-state index contributed by atoms with van der Waals surface area (Å²) in [5.74, 6) is 0.490. The highest BCUT2D eigenvalue weighted by Gasteiger charge is 2.22. The van der Waals surface area contributed by atoms with Gasteiger partial charge in [-0.3, -0.25) is 9.69 Å². The molecule has 118 valence electrons. The molecule has 4 nitrogen and oxygen atoms in total. The molecule has 1 aromatic carbocycles. The van der Waals surface area contributed by atoms with Gasteiger partial charge in [0.15, 0.2) is 0 Å². The predicted molar refractivity (Wildman–Crippen MR) is 91.0 cm³/mol. The maximum Gasteiger partial charge on any atom is 0.234 e. The van der Waals surface area contributed by atoms with Crippen molar-refractivity contribution in [2.24, 2.45) is 11.7 Å². The number of hydrogen-bond acceptors (Lipinski definition) is 3. The van der Waals surface area contributed by atoms with E-state index in [-0.39, 0.29) is 18.0 Å². The highest BCUT2D eigenvalue weighted by molar-refractivity contribution is 9.10. The summed E-state index contributed by atoms with van der Waals surface area (Å²) in [6.07, 6.45) is 0. The molecule has 2 unspecified atom stereocenters. The summed E-state index contributed by atoms with van der Waals surface area (Å²) in [5.41, 5.74) is 7.24. The standard InChI is InChI=1S/C16H26BrN3O/c1-11(2)9-19-15(21)10-20(4)16(12(3)18)13-5-7-14(17)8-6-13/h5-8,11-12,16H,9-10,18H2,1-4H3,(H,19,21). The number of likely N-dealkylation sites (N-methyl/N-ethyl adjacent to an activating group) is 1. The summed E-state index contributed by atoms with van der Waals surface area (Å²) < 4.78 is 1.03. The predicted octanol–water partition coefficient (Wildman–Crippen LogP) is 2.54. The van der Waals surface area contributed by atoms with Crippen LogP contribution in [0.3, 0.4) is 0 Å². The van der Waals surface area contributed by atoms with Gasteiger partial charge in [-0.1, -0.05) is 41.9 Å². The zero-order valence-corrected chi connectivity index (χ0v) is 14.9. The summed E-state index contributed by atoms with van der Waals surface area (Å²) in [4.78, 5) is 14.0. The van der Waals surface area contributed by atoms with E-state index in [1.165, 1.54) is 0 Å². The third kappa shape index (κ3) is 6.16. The van der Waals surface area contributed by atoms with Gasteiger partial charge in [0.05, 0.1) is 6.54 Å². The molecule has 1 rings (SSSR count). The number of nitrogens with zero attached hydrogens (tertiary/aromatic N) is 1. The smallest absolute Gasteiger partial charge is 0.234 e. The second-order valence-corrected chi connectivity index (χ2v) is 6.88. The molecular formula is C16H26BrN3O. The Hall–Kier alpha value is -0.910. The molecule has 0 bridgehead atoms. The van der Waals surface area contributed by atoms with Crippen LogP contribution in [0.15, 0.2) is 28.7 Å². The van der Waals surface area contributed by atoms with E-state index < -0.39 is 0 Å². The Morgan fingerprint density at radius 1 is 1.29 bits per heavy atom. The Balaban J connectivity index is 2.72. The van der Waals surface area contributed by atoms with Crippen molar-refractivity contribution in [3.8, 4) is 0 Å². The first-order chi connectivity index (χ1) is 9.81. The van der Waals surface area contributed by atoms with Crippen LogP contribution < -0.4 is 11.1 Å². The summed E-state index contributed by atoms with van der Waals surface area (Å²) in [5, 5.41) is 2.94. The van der Waals surface area contributed by atoms with E-state index in [2.05, 4.69) is 35.1 Å². The first-order valence-electron chi connectivity index (χ1n) is 7.29. The molecule has 0 aromatic heterocycles. The Labute approximate surface area is 136 Å². The molecule has 0 heterocycles. The number of amides is 1. The van der Waals surface area contributed by atoms with Crippen LogP contribution in [-0.2, 0) is 4.79 Å². The number of benzene rings is 1. The fraction of sp³-hybridized carbons (Fsp3) is 0.562. The average molecular weight is 356 g/mol. The zero-order valence-electron chi connectivity index (χ0n) is 13.3. The lowest BCUT2D eigenvalue weighted by Crippen LogP contribution is -2.43. The van der Waals surface area contributed by atoms with Crippen molar-refractivity contribution >= 4 is 21.8 Å². The Kier molecular flexibility index (Phi) is 7.35. The normalized spacial score (nSPS) is 14.3. The van der Waals surface area contributed by atoms with Crippen LogP contribution in [0.2, 0.25) is 0 Å². The zero-order chi connectivity index (χ0) is 16.0. The lowest BCUT2D eigenvalue weighted by atomic mass is 9.99. The van der Waals surface area contributed by atoms with Gasteiger partial charge >= 0.3 is 0 Å². The number of nitrogens with two attached hydrogens (primary N) is 1. The molecule has 0 aliphatic carbocycles. The van der Waals surface area contributed by atoms with E-state index >= 15 is 0 Å². The summed E-state index contributed by atoms with van der Waals surface area (Å²) in [6, 6.07) is 8.03. The molecule has 3 N–H and O–H groups in total. The average Bonchev–Trinajstić information content (AvgIpc) is 2.38. The van der Waals surface area contributed by atoms with Gasteiger partial charge in [0.2, 0.25) is 5.91 Å². The van der Waals surface area contributed by atoms with Crippen LogP contribution >= 0.6 is 15.9 Å². The minimum absolute atomic E-state index is 0.0166. The van der Waals surface area contributed by atoms with Crippen molar-refractivity contribution in [2.75, 3.05) is 20.1 Å². The third-order valence-electron chi connectivity index (χ3n) is 3.28. The van der Waals surface area contributed by atoms with Crippen molar-refractivity contribution in [3.05, 3.63) is 34.3 Å². The molecule has 5 heteroatoms. The summed E-state index contributed by atoms with van der Waals surface area (Å²) in [7, 11) is 1.94. The number of nitrogens with one attached hydrogen (secondary N) is 1. The van der Waals surface area contributed by atoms with E-state index in [0.717, 1.165) is 10.0 Å². The van der Waals surface area contributed by atoms with Crippen molar-refractivity contribution < 1.29 is 4.79 Å². The minimum atomic E-state index is -0.0610. The van der Waals surface area contributed by atoms with Gasteiger partial charge in [-0.25, -0.2) is 0 Å². The SMILES string of the molecule is CC(C)CNC(=O)CN(C)C(c1ccc(Br)cc1)C(C)N. The lowest BCUT2D eigenvalue weighted by molar-refractivity contribution is -0.122. The number of carbonyl (C=O) groups excluding carboxylic acids is 1. The Bertz CT molecular complexity index is 445. The molecule has 0 saturated heterocycles. The van der Waals surface area contributed by atoms with Crippen molar-refractivity contribution in [3.63, 3.8) is 0 Å². The van der Waals surface area contributed by atoms with Crippen molar-refractivity contribution in [1.82, 2.24) is 10.2 Å². The van der Waals surface area contributed by atoms with Crippen LogP contribution in [-0.4, -0.2) is 37.0 Å². The Morgan fingerprint density at radius 3 is 2.33 bits per heavy atom. The van der Waals surface area contributed by atoms with E-state index in [4.69, 9.17) is 5.73 Å². The van der Waals surface area contributed by atoms with Crippen molar-refractivity contribution in [2.45, 2.75) is 32.9 Å². The fourth-order valence-corrected chi connectivity index (χ4v) is 2.58.